The molecule has 0 unspecified atom stereocenters. The lowest BCUT2D eigenvalue weighted by molar-refractivity contribution is -0.492. The number of rotatable bonds is 7. The first-order valence-electron chi connectivity index (χ1n) is 4.13. The Morgan fingerprint density at radius 1 is 1.38 bits per heavy atom. The van der Waals surface area contributed by atoms with Crippen LogP contribution in [0.2, 0.25) is 0 Å². The Balaban J connectivity index is 3.11. The Hall–Kier alpha value is -0.690. The van der Waals surface area contributed by atoms with Crippen LogP contribution in [0.1, 0.15) is 26.2 Å². The van der Waals surface area contributed by atoms with Gasteiger partial charge in [0.15, 0.2) is 0 Å². The van der Waals surface area contributed by atoms with Gasteiger partial charge in [0.25, 0.3) is 0 Å². The monoisotopic (exact) mass is 193 g/mol. The number of unbranched alkanes of at least 4 members (excludes halogenated alkanes) is 1. The zero-order chi connectivity index (χ0) is 10.1. The van der Waals surface area contributed by atoms with Crippen LogP contribution in [-0.4, -0.2) is 35.0 Å². The van der Waals surface area contributed by atoms with Crippen molar-refractivity contribution >= 4 is 5.97 Å². The number of carbonyl (C=O) groups is 1. The minimum atomic E-state index is -0.343. The summed E-state index contributed by atoms with van der Waals surface area (Å²) < 4.78 is 4.68. The standard InChI is InChI=1S/C7H15NO5/c1-2-12-7(9)5-3-4-6-13-8(10)11/h10-11H,2-6H2,1H3. The van der Waals surface area contributed by atoms with Gasteiger partial charge in [-0.05, 0) is 19.8 Å². The summed E-state index contributed by atoms with van der Waals surface area (Å²) in [7, 11) is 0. The normalized spacial score (nSPS) is 10.5. The van der Waals surface area contributed by atoms with Crippen molar-refractivity contribution in [3.63, 3.8) is 0 Å². The summed E-state index contributed by atoms with van der Waals surface area (Å²) in [6, 6.07) is 0. The summed E-state index contributed by atoms with van der Waals surface area (Å²) in [6.07, 6.45) is 1.50. The zero-order valence-electron chi connectivity index (χ0n) is 7.60. The van der Waals surface area contributed by atoms with Gasteiger partial charge in [0.2, 0.25) is 0 Å². The third-order valence-electron chi connectivity index (χ3n) is 1.29. The fourth-order valence-electron chi connectivity index (χ4n) is 0.751. The number of esters is 1. The molecule has 0 rings (SSSR count). The van der Waals surface area contributed by atoms with Gasteiger partial charge in [0.1, 0.15) is 0 Å². The Morgan fingerprint density at radius 2 is 2.08 bits per heavy atom. The van der Waals surface area contributed by atoms with Crippen LogP contribution in [0.3, 0.4) is 0 Å². The van der Waals surface area contributed by atoms with Gasteiger partial charge in [-0.3, -0.25) is 20.0 Å². The van der Waals surface area contributed by atoms with E-state index in [2.05, 4.69) is 9.57 Å². The van der Waals surface area contributed by atoms with Gasteiger partial charge in [-0.2, -0.15) is 0 Å². The van der Waals surface area contributed by atoms with Crippen molar-refractivity contribution in [2.75, 3.05) is 13.2 Å². The quantitative estimate of drug-likeness (QED) is 0.352. The number of carbonyl (C=O) groups excluding carboxylic acids is 1. The van der Waals surface area contributed by atoms with Gasteiger partial charge in [-0.25, -0.2) is 0 Å². The molecule has 0 radical (unpaired) electrons. The van der Waals surface area contributed by atoms with Crippen LogP contribution in [-0.2, 0) is 14.4 Å². The van der Waals surface area contributed by atoms with E-state index < -0.39 is 0 Å². The van der Waals surface area contributed by atoms with E-state index in [-0.39, 0.29) is 18.0 Å². The second kappa shape index (κ2) is 7.93. The lowest BCUT2D eigenvalue weighted by Gasteiger charge is -2.05. The molecule has 0 saturated heterocycles. The molecule has 6 heteroatoms. The Kier molecular flexibility index (Phi) is 7.51. The van der Waals surface area contributed by atoms with Crippen LogP contribution in [0.25, 0.3) is 0 Å². The van der Waals surface area contributed by atoms with Crippen LogP contribution in [0.15, 0.2) is 0 Å². The van der Waals surface area contributed by atoms with E-state index in [1.807, 2.05) is 0 Å². The number of hydrogen-bond acceptors (Lipinski definition) is 6. The minimum Gasteiger partial charge on any atom is -0.466 e. The van der Waals surface area contributed by atoms with Gasteiger partial charge in [0.05, 0.1) is 18.6 Å². The van der Waals surface area contributed by atoms with Gasteiger partial charge in [-0.15, -0.1) is 0 Å². The van der Waals surface area contributed by atoms with Crippen LogP contribution < -0.4 is 0 Å². The third-order valence-corrected chi connectivity index (χ3v) is 1.29. The van der Waals surface area contributed by atoms with Crippen molar-refractivity contribution in [3.8, 4) is 0 Å². The molecule has 0 heterocycles. The maximum atomic E-state index is 10.8. The lowest BCUT2D eigenvalue weighted by atomic mass is 10.2. The predicted octanol–water partition coefficient (Wildman–Crippen LogP) is 0.732. The summed E-state index contributed by atoms with van der Waals surface area (Å²) in [5, 5.41) is 15.9. The highest BCUT2D eigenvalue weighted by Gasteiger charge is 2.01. The molecule has 0 saturated carbocycles. The van der Waals surface area contributed by atoms with E-state index >= 15 is 0 Å². The molecule has 0 spiro atoms. The van der Waals surface area contributed by atoms with E-state index in [4.69, 9.17) is 10.4 Å². The average Bonchev–Trinajstić information content (AvgIpc) is 2.03. The molecule has 13 heavy (non-hydrogen) atoms. The Labute approximate surface area is 76.5 Å². The lowest BCUT2D eigenvalue weighted by Crippen LogP contribution is -2.15. The number of hydrogen-bond donors (Lipinski definition) is 2. The number of nitrogens with zero attached hydrogens (tertiary/aromatic N) is 1. The largest absolute Gasteiger partial charge is 0.466 e. The third kappa shape index (κ3) is 9.22. The van der Waals surface area contributed by atoms with Gasteiger partial charge in [0, 0.05) is 6.42 Å². The molecule has 0 amide bonds. The summed E-state index contributed by atoms with van der Waals surface area (Å²) in [5.41, 5.74) is 0. The molecule has 2 N–H and O–H groups in total. The van der Waals surface area contributed by atoms with Crippen molar-refractivity contribution in [1.29, 1.82) is 0 Å². The molecule has 0 atom stereocenters. The van der Waals surface area contributed by atoms with Crippen molar-refractivity contribution in [3.05, 3.63) is 0 Å². The highest BCUT2D eigenvalue weighted by atomic mass is 17.1. The summed E-state index contributed by atoms with van der Waals surface area (Å²) >= 11 is 0. The smallest absolute Gasteiger partial charge is 0.305 e. The van der Waals surface area contributed by atoms with Gasteiger partial charge < -0.3 is 4.74 Å². The highest BCUT2D eigenvalue weighted by molar-refractivity contribution is 5.69. The zero-order valence-corrected chi connectivity index (χ0v) is 7.60. The molecule has 0 aromatic heterocycles. The van der Waals surface area contributed by atoms with Crippen molar-refractivity contribution < 1.29 is 24.8 Å². The predicted molar refractivity (Wildman–Crippen MR) is 41.8 cm³/mol. The van der Waals surface area contributed by atoms with Gasteiger partial charge in [-0.1, -0.05) is 0 Å². The molecule has 78 valence electrons. The molecule has 0 aromatic rings. The first-order chi connectivity index (χ1) is 6.16. The van der Waals surface area contributed by atoms with Crippen LogP contribution in [0, 0.1) is 0 Å². The molecule has 0 bridgehead atoms. The van der Waals surface area contributed by atoms with Crippen LogP contribution >= 0.6 is 0 Å². The molecular weight excluding hydrogens is 178 g/mol. The maximum Gasteiger partial charge on any atom is 0.305 e. The molecule has 6 nitrogen and oxygen atoms in total. The molecule has 0 aromatic carbocycles. The van der Waals surface area contributed by atoms with Crippen molar-refractivity contribution in [1.82, 2.24) is 5.39 Å². The first-order valence-corrected chi connectivity index (χ1v) is 4.13. The van der Waals surface area contributed by atoms with E-state index in [9.17, 15) is 4.79 Å². The highest BCUT2D eigenvalue weighted by Crippen LogP contribution is 1.98. The Morgan fingerprint density at radius 3 is 2.62 bits per heavy atom. The minimum absolute atomic E-state index is 0.159. The molecule has 0 aliphatic rings. The topological polar surface area (TPSA) is 79.2 Å². The van der Waals surface area contributed by atoms with E-state index in [0.29, 0.717) is 25.9 Å². The van der Waals surface area contributed by atoms with Crippen molar-refractivity contribution in [2.24, 2.45) is 0 Å². The SMILES string of the molecule is CCOC(=O)CCCCON(O)O. The summed E-state index contributed by atoms with van der Waals surface area (Å²) in [5.74, 6) is -0.243. The Bertz CT molecular complexity index is 139. The fraction of sp³-hybridized carbons (Fsp3) is 0.857. The van der Waals surface area contributed by atoms with Crippen LogP contribution in [0.4, 0.5) is 0 Å². The van der Waals surface area contributed by atoms with Crippen LogP contribution in [0.5, 0.6) is 0 Å². The van der Waals surface area contributed by atoms with E-state index in [0.717, 1.165) is 0 Å². The van der Waals surface area contributed by atoms with Crippen molar-refractivity contribution in [2.45, 2.75) is 26.2 Å². The van der Waals surface area contributed by atoms with Gasteiger partial charge >= 0.3 is 5.97 Å². The second-order valence-corrected chi connectivity index (χ2v) is 2.35. The fourth-order valence-corrected chi connectivity index (χ4v) is 0.751. The van der Waals surface area contributed by atoms with E-state index in [1.165, 1.54) is 0 Å². The summed E-state index contributed by atoms with van der Waals surface area (Å²) in [4.78, 5) is 15.0. The second-order valence-electron chi connectivity index (χ2n) is 2.35. The molecule has 0 aliphatic carbocycles. The maximum absolute atomic E-state index is 10.8. The summed E-state index contributed by atoms with van der Waals surface area (Å²) in [6.45, 7) is 2.29. The molecule has 0 aliphatic heterocycles. The molecular formula is C7H15NO5. The average molecular weight is 193 g/mol. The molecule has 0 fully saturated rings. The first kappa shape index (κ1) is 12.3. The van der Waals surface area contributed by atoms with E-state index in [1.54, 1.807) is 6.92 Å². The number of ether oxygens (including phenoxy) is 1.